The summed E-state index contributed by atoms with van der Waals surface area (Å²) in [6.45, 7) is 0. The summed E-state index contributed by atoms with van der Waals surface area (Å²) in [6.07, 6.45) is -0.722. The van der Waals surface area contributed by atoms with Crippen molar-refractivity contribution in [3.05, 3.63) is 30.3 Å². The number of aliphatic carboxylic acids is 2. The first kappa shape index (κ1) is 16.4. The van der Waals surface area contributed by atoms with Gasteiger partial charge in [-0.3, -0.25) is 14.2 Å². The lowest BCUT2D eigenvalue weighted by Crippen LogP contribution is -2.46. The van der Waals surface area contributed by atoms with Crippen LogP contribution >= 0.6 is 7.37 Å². The van der Waals surface area contributed by atoms with Gasteiger partial charge in [-0.1, -0.05) is 18.2 Å². The van der Waals surface area contributed by atoms with Gasteiger partial charge < -0.3 is 20.4 Å². The van der Waals surface area contributed by atoms with Crippen molar-refractivity contribution in [2.24, 2.45) is 0 Å². The topological polar surface area (TPSA) is 124 Å². The van der Waals surface area contributed by atoms with Gasteiger partial charge in [-0.25, -0.2) is 0 Å². The fourth-order valence-corrected chi connectivity index (χ4v) is 4.00. The van der Waals surface area contributed by atoms with Gasteiger partial charge in [0.1, 0.15) is 6.04 Å². The van der Waals surface area contributed by atoms with E-state index < -0.39 is 37.4 Å². The Bertz CT molecular complexity index is 532. The Balaban J connectivity index is 3.25. The molecule has 0 amide bonds. The number of nitrogens with one attached hydrogen (secondary N) is 1. The number of carboxylic acid groups (broad SMARTS) is 2. The van der Waals surface area contributed by atoms with E-state index in [1.807, 2.05) is 0 Å². The maximum Gasteiger partial charge on any atom is 0.321 e. The van der Waals surface area contributed by atoms with E-state index in [0.29, 0.717) is 0 Å². The molecule has 0 bridgehead atoms. The molecule has 20 heavy (non-hydrogen) atoms. The SMILES string of the molecule is CNC(C(=O)O)C(CC(=O)O)P(=O)(O)c1ccccc1. The molecule has 1 rings (SSSR count). The van der Waals surface area contributed by atoms with E-state index in [2.05, 4.69) is 5.32 Å². The van der Waals surface area contributed by atoms with Crippen LogP contribution in [0.4, 0.5) is 0 Å². The second-order valence-corrected chi connectivity index (χ2v) is 6.65. The van der Waals surface area contributed by atoms with Crippen LogP contribution in [0.15, 0.2) is 30.3 Å². The minimum Gasteiger partial charge on any atom is -0.481 e. The van der Waals surface area contributed by atoms with Crippen molar-refractivity contribution in [1.82, 2.24) is 5.32 Å². The molecule has 1 aromatic rings. The molecule has 0 fully saturated rings. The Morgan fingerprint density at radius 1 is 1.25 bits per heavy atom. The van der Waals surface area contributed by atoms with Crippen molar-refractivity contribution < 1.29 is 29.3 Å². The molecular formula is C12H16NO6P. The molecule has 3 unspecified atom stereocenters. The van der Waals surface area contributed by atoms with Gasteiger partial charge in [0.25, 0.3) is 0 Å². The van der Waals surface area contributed by atoms with Crippen molar-refractivity contribution in [3.63, 3.8) is 0 Å². The molecule has 0 saturated carbocycles. The Morgan fingerprint density at radius 3 is 2.20 bits per heavy atom. The third kappa shape index (κ3) is 3.66. The molecule has 3 atom stereocenters. The number of hydrogen-bond donors (Lipinski definition) is 4. The van der Waals surface area contributed by atoms with Crippen molar-refractivity contribution in [1.29, 1.82) is 0 Å². The average molecular weight is 301 g/mol. The van der Waals surface area contributed by atoms with E-state index in [1.165, 1.54) is 31.3 Å². The van der Waals surface area contributed by atoms with Crippen LogP contribution in [-0.4, -0.2) is 45.8 Å². The van der Waals surface area contributed by atoms with Gasteiger partial charge in [-0.2, -0.15) is 0 Å². The van der Waals surface area contributed by atoms with Crippen LogP contribution in [0.1, 0.15) is 6.42 Å². The van der Waals surface area contributed by atoms with Crippen LogP contribution in [0, 0.1) is 0 Å². The van der Waals surface area contributed by atoms with E-state index >= 15 is 0 Å². The summed E-state index contributed by atoms with van der Waals surface area (Å²) in [4.78, 5) is 32.3. The highest BCUT2D eigenvalue weighted by molar-refractivity contribution is 7.66. The van der Waals surface area contributed by atoms with Crippen molar-refractivity contribution >= 4 is 24.6 Å². The number of carboxylic acids is 2. The number of carbonyl (C=O) groups is 2. The predicted molar refractivity (Wildman–Crippen MR) is 72.4 cm³/mol. The van der Waals surface area contributed by atoms with Gasteiger partial charge in [0.15, 0.2) is 0 Å². The highest BCUT2D eigenvalue weighted by Gasteiger charge is 2.42. The molecule has 7 nitrogen and oxygen atoms in total. The zero-order valence-electron chi connectivity index (χ0n) is 10.8. The Hall–Kier alpha value is -1.69. The third-order valence-corrected chi connectivity index (χ3v) is 5.34. The summed E-state index contributed by atoms with van der Waals surface area (Å²) in [7, 11) is -2.86. The molecule has 0 heterocycles. The highest BCUT2D eigenvalue weighted by Crippen LogP contribution is 2.48. The van der Waals surface area contributed by atoms with E-state index in [9.17, 15) is 19.0 Å². The maximum atomic E-state index is 12.5. The summed E-state index contributed by atoms with van der Waals surface area (Å²) < 4.78 is 12.5. The highest BCUT2D eigenvalue weighted by atomic mass is 31.2. The van der Waals surface area contributed by atoms with E-state index in [-0.39, 0.29) is 5.30 Å². The Labute approximate surface area is 115 Å². The quantitative estimate of drug-likeness (QED) is 0.526. The molecule has 8 heteroatoms. The smallest absolute Gasteiger partial charge is 0.321 e. The fourth-order valence-electron chi connectivity index (χ4n) is 1.94. The lowest BCUT2D eigenvalue weighted by Gasteiger charge is -2.27. The molecule has 110 valence electrons. The summed E-state index contributed by atoms with van der Waals surface area (Å²) in [5.41, 5.74) is -1.45. The molecule has 0 aliphatic carbocycles. The van der Waals surface area contributed by atoms with Gasteiger partial charge in [-0.15, -0.1) is 0 Å². The van der Waals surface area contributed by atoms with Crippen LogP contribution in [-0.2, 0) is 14.2 Å². The Morgan fingerprint density at radius 2 is 1.80 bits per heavy atom. The van der Waals surface area contributed by atoms with E-state index in [1.54, 1.807) is 6.07 Å². The van der Waals surface area contributed by atoms with Crippen molar-refractivity contribution in [2.45, 2.75) is 18.1 Å². The second-order valence-electron chi connectivity index (χ2n) is 4.23. The largest absolute Gasteiger partial charge is 0.481 e. The Kier molecular flexibility index (Phi) is 5.44. The molecule has 0 saturated heterocycles. The van der Waals surface area contributed by atoms with Crippen LogP contribution in [0.2, 0.25) is 0 Å². The summed E-state index contributed by atoms with van der Waals surface area (Å²) in [5, 5.41) is 20.4. The summed E-state index contributed by atoms with van der Waals surface area (Å²) >= 11 is 0. The van der Waals surface area contributed by atoms with E-state index in [4.69, 9.17) is 10.2 Å². The molecular weight excluding hydrogens is 285 g/mol. The summed E-state index contributed by atoms with van der Waals surface area (Å²) in [6, 6.07) is 6.04. The maximum absolute atomic E-state index is 12.5. The van der Waals surface area contributed by atoms with Gasteiger partial charge in [0.2, 0.25) is 7.37 Å². The molecule has 0 spiro atoms. The number of benzene rings is 1. The summed E-state index contributed by atoms with van der Waals surface area (Å²) in [5.74, 6) is -2.70. The normalized spacial score (nSPS) is 16.9. The lowest BCUT2D eigenvalue weighted by atomic mass is 10.1. The molecule has 4 N–H and O–H groups in total. The van der Waals surface area contributed by atoms with E-state index in [0.717, 1.165) is 0 Å². The number of hydrogen-bond acceptors (Lipinski definition) is 4. The first-order valence-corrected chi connectivity index (χ1v) is 7.53. The second kappa shape index (κ2) is 6.65. The zero-order chi connectivity index (χ0) is 15.3. The monoisotopic (exact) mass is 301 g/mol. The van der Waals surface area contributed by atoms with Crippen molar-refractivity contribution in [3.8, 4) is 0 Å². The number of likely N-dealkylation sites (N-methyl/N-ethyl adjacent to an activating group) is 1. The average Bonchev–Trinajstić information content (AvgIpc) is 2.38. The zero-order valence-corrected chi connectivity index (χ0v) is 11.7. The van der Waals surface area contributed by atoms with Crippen LogP contribution in [0.3, 0.4) is 0 Å². The van der Waals surface area contributed by atoms with Gasteiger partial charge in [-0.05, 0) is 19.2 Å². The molecule has 0 aliphatic heterocycles. The minimum atomic E-state index is -4.16. The fraction of sp³-hybridized carbons (Fsp3) is 0.333. The standard InChI is InChI=1S/C12H16NO6P/c1-13-11(12(16)17)9(7-10(14)15)20(18,19)8-5-3-2-4-6-8/h2-6,9,11,13H,7H2,1H3,(H,14,15)(H,16,17)(H,18,19). The van der Waals surface area contributed by atoms with Crippen LogP contribution in [0.25, 0.3) is 0 Å². The van der Waals surface area contributed by atoms with Gasteiger partial charge in [0.05, 0.1) is 12.1 Å². The minimum absolute atomic E-state index is 0.0350. The molecule has 0 aliphatic rings. The van der Waals surface area contributed by atoms with Crippen LogP contribution in [0.5, 0.6) is 0 Å². The first-order chi connectivity index (χ1) is 9.30. The molecule has 0 radical (unpaired) electrons. The molecule has 0 aromatic heterocycles. The third-order valence-electron chi connectivity index (χ3n) is 2.92. The van der Waals surface area contributed by atoms with Gasteiger partial charge in [0, 0.05) is 5.30 Å². The predicted octanol–water partition coefficient (Wildman–Crippen LogP) is 0.0982. The molecule has 1 aromatic carbocycles. The van der Waals surface area contributed by atoms with Crippen molar-refractivity contribution in [2.75, 3.05) is 7.05 Å². The van der Waals surface area contributed by atoms with Gasteiger partial charge >= 0.3 is 11.9 Å². The van der Waals surface area contributed by atoms with Crippen LogP contribution < -0.4 is 10.6 Å². The number of rotatable bonds is 7. The first-order valence-electron chi connectivity index (χ1n) is 5.80. The lowest BCUT2D eigenvalue weighted by molar-refractivity contribution is -0.140.